The summed E-state index contributed by atoms with van der Waals surface area (Å²) >= 11 is 0. The highest BCUT2D eigenvalue weighted by Gasteiger charge is 2.47. The number of rotatable bonds is 7. The third kappa shape index (κ3) is 5.88. The van der Waals surface area contributed by atoms with E-state index in [-0.39, 0.29) is 12.1 Å². The van der Waals surface area contributed by atoms with Crippen molar-refractivity contribution in [2.45, 2.75) is 72.0 Å². The molecule has 166 valence electrons. The van der Waals surface area contributed by atoms with Crippen molar-refractivity contribution in [3.05, 3.63) is 71.3 Å². The molecule has 0 fully saturated rings. The van der Waals surface area contributed by atoms with Crippen LogP contribution in [0, 0.1) is 0 Å². The Kier molecular flexibility index (Phi) is 7.06. The summed E-state index contributed by atoms with van der Waals surface area (Å²) in [5.41, 5.74) is 3.17. The van der Waals surface area contributed by atoms with Crippen LogP contribution in [-0.2, 0) is 20.8 Å². The molecule has 0 aromatic heterocycles. The molecule has 1 aliphatic heterocycles. The van der Waals surface area contributed by atoms with E-state index in [2.05, 4.69) is 17.4 Å². The summed E-state index contributed by atoms with van der Waals surface area (Å²) in [5, 5.41) is 3.46. The number of carbonyl (C=O) groups is 1. The molecular weight excluding hydrogens is 390 g/mol. The van der Waals surface area contributed by atoms with Gasteiger partial charge in [0.05, 0.1) is 6.10 Å². The Morgan fingerprint density at radius 1 is 1.16 bits per heavy atom. The van der Waals surface area contributed by atoms with Gasteiger partial charge >= 0.3 is 5.97 Å². The van der Waals surface area contributed by atoms with Gasteiger partial charge in [0, 0.05) is 23.9 Å². The van der Waals surface area contributed by atoms with Crippen LogP contribution in [0.15, 0.2) is 60.2 Å². The molecule has 3 rings (SSSR count). The second-order valence-electron chi connectivity index (χ2n) is 8.98. The lowest BCUT2D eigenvalue weighted by Crippen LogP contribution is -2.52. The van der Waals surface area contributed by atoms with E-state index in [9.17, 15) is 4.79 Å². The SMILES string of the molecule is CC(C)=CC(=O)OC1C(OC(C)C)c2cc(NCc3ccccc3)ccc2OC1(C)C. The van der Waals surface area contributed by atoms with Crippen LogP contribution in [0.1, 0.15) is 58.8 Å². The van der Waals surface area contributed by atoms with Crippen LogP contribution in [0.4, 0.5) is 5.69 Å². The highest BCUT2D eigenvalue weighted by atomic mass is 16.6. The molecule has 0 saturated heterocycles. The Labute approximate surface area is 185 Å². The first-order chi connectivity index (χ1) is 14.7. The van der Waals surface area contributed by atoms with Gasteiger partial charge in [0.2, 0.25) is 0 Å². The van der Waals surface area contributed by atoms with E-state index in [1.54, 1.807) is 0 Å². The third-order valence-electron chi connectivity index (χ3n) is 5.06. The van der Waals surface area contributed by atoms with Crippen molar-refractivity contribution in [1.29, 1.82) is 0 Å². The van der Waals surface area contributed by atoms with Crippen LogP contribution < -0.4 is 10.1 Å². The first-order valence-electron chi connectivity index (χ1n) is 10.8. The summed E-state index contributed by atoms with van der Waals surface area (Å²) in [7, 11) is 0. The molecular formula is C26H33NO4. The van der Waals surface area contributed by atoms with Gasteiger partial charge in [-0.15, -0.1) is 0 Å². The first kappa shape index (κ1) is 22.9. The maximum absolute atomic E-state index is 12.5. The lowest BCUT2D eigenvalue weighted by Gasteiger charge is -2.44. The fraction of sp³-hybridized carbons (Fsp3) is 0.423. The van der Waals surface area contributed by atoms with E-state index < -0.39 is 17.8 Å². The summed E-state index contributed by atoms with van der Waals surface area (Å²) in [4.78, 5) is 12.5. The smallest absolute Gasteiger partial charge is 0.331 e. The van der Waals surface area contributed by atoms with Crippen LogP contribution in [0.2, 0.25) is 0 Å². The van der Waals surface area contributed by atoms with Crippen LogP contribution in [0.3, 0.4) is 0 Å². The van der Waals surface area contributed by atoms with E-state index in [1.807, 2.05) is 77.9 Å². The lowest BCUT2D eigenvalue weighted by atomic mass is 9.87. The zero-order chi connectivity index (χ0) is 22.6. The second-order valence-corrected chi connectivity index (χ2v) is 8.98. The molecule has 0 amide bonds. The van der Waals surface area contributed by atoms with E-state index >= 15 is 0 Å². The van der Waals surface area contributed by atoms with E-state index in [0.29, 0.717) is 6.54 Å². The quantitative estimate of drug-likeness (QED) is 0.450. The van der Waals surface area contributed by atoms with Crippen LogP contribution >= 0.6 is 0 Å². The fourth-order valence-electron chi connectivity index (χ4n) is 3.68. The number of anilines is 1. The third-order valence-corrected chi connectivity index (χ3v) is 5.06. The molecule has 2 aromatic carbocycles. The van der Waals surface area contributed by atoms with Crippen molar-refractivity contribution in [2.75, 3.05) is 5.32 Å². The van der Waals surface area contributed by atoms with Crippen molar-refractivity contribution in [3.63, 3.8) is 0 Å². The number of fused-ring (bicyclic) bond motifs is 1. The molecule has 1 N–H and O–H groups in total. The predicted octanol–water partition coefficient (Wildman–Crippen LogP) is 5.81. The Hall–Kier alpha value is -2.79. The molecule has 2 atom stereocenters. The van der Waals surface area contributed by atoms with Gasteiger partial charge in [-0.1, -0.05) is 35.9 Å². The molecule has 1 aliphatic rings. The zero-order valence-electron chi connectivity index (χ0n) is 19.3. The summed E-state index contributed by atoms with van der Waals surface area (Å²) in [5.74, 6) is 0.358. The molecule has 0 radical (unpaired) electrons. The van der Waals surface area contributed by atoms with Gasteiger partial charge in [-0.25, -0.2) is 4.79 Å². The molecule has 0 aliphatic carbocycles. The van der Waals surface area contributed by atoms with E-state index in [0.717, 1.165) is 22.6 Å². The number of esters is 1. The number of ether oxygens (including phenoxy) is 3. The monoisotopic (exact) mass is 423 g/mol. The Morgan fingerprint density at radius 2 is 1.87 bits per heavy atom. The highest BCUT2D eigenvalue weighted by Crippen LogP contribution is 2.45. The second kappa shape index (κ2) is 9.56. The topological polar surface area (TPSA) is 56.8 Å². The van der Waals surface area contributed by atoms with E-state index in [1.165, 1.54) is 11.6 Å². The summed E-state index contributed by atoms with van der Waals surface area (Å²) < 4.78 is 18.4. The normalized spacial score (nSPS) is 19.2. The minimum atomic E-state index is -0.739. The van der Waals surface area contributed by atoms with Gasteiger partial charge in [0.25, 0.3) is 0 Å². The largest absolute Gasteiger partial charge is 0.483 e. The minimum Gasteiger partial charge on any atom is -0.483 e. The minimum absolute atomic E-state index is 0.0441. The highest BCUT2D eigenvalue weighted by molar-refractivity contribution is 5.83. The van der Waals surface area contributed by atoms with Crippen molar-refractivity contribution in [1.82, 2.24) is 0 Å². The van der Waals surface area contributed by atoms with Crippen LogP contribution in [0.5, 0.6) is 5.75 Å². The average Bonchev–Trinajstić information content (AvgIpc) is 2.69. The predicted molar refractivity (Wildman–Crippen MR) is 123 cm³/mol. The van der Waals surface area contributed by atoms with Gasteiger partial charge < -0.3 is 19.5 Å². The number of hydrogen-bond acceptors (Lipinski definition) is 5. The van der Waals surface area contributed by atoms with E-state index in [4.69, 9.17) is 14.2 Å². The van der Waals surface area contributed by atoms with Gasteiger partial charge in [-0.3, -0.25) is 0 Å². The Balaban J connectivity index is 1.91. The molecule has 0 spiro atoms. The molecule has 0 bridgehead atoms. The fourth-order valence-corrected chi connectivity index (χ4v) is 3.68. The zero-order valence-corrected chi connectivity index (χ0v) is 19.3. The maximum atomic E-state index is 12.5. The molecule has 1 heterocycles. The number of hydrogen-bond donors (Lipinski definition) is 1. The van der Waals surface area contributed by atoms with Crippen LogP contribution in [0.25, 0.3) is 0 Å². The molecule has 5 heteroatoms. The van der Waals surface area contributed by atoms with Crippen molar-refractivity contribution in [2.24, 2.45) is 0 Å². The Morgan fingerprint density at radius 3 is 2.52 bits per heavy atom. The molecule has 5 nitrogen and oxygen atoms in total. The molecule has 0 saturated carbocycles. The van der Waals surface area contributed by atoms with Gasteiger partial charge in [-0.2, -0.15) is 0 Å². The van der Waals surface area contributed by atoms with Crippen LogP contribution in [-0.4, -0.2) is 23.8 Å². The van der Waals surface area contributed by atoms with Crippen molar-refractivity contribution < 1.29 is 19.0 Å². The summed E-state index contributed by atoms with van der Waals surface area (Å²) in [6, 6.07) is 16.2. The Bertz CT molecular complexity index is 930. The van der Waals surface area contributed by atoms with Gasteiger partial charge in [0.1, 0.15) is 17.5 Å². The van der Waals surface area contributed by atoms with Crippen molar-refractivity contribution in [3.8, 4) is 5.75 Å². The molecule has 31 heavy (non-hydrogen) atoms. The number of allylic oxidation sites excluding steroid dienone is 1. The van der Waals surface area contributed by atoms with Crippen molar-refractivity contribution >= 4 is 11.7 Å². The standard InChI is InChI=1S/C26H33NO4/c1-17(2)14-23(28)30-25-24(29-18(3)4)21-15-20(12-13-22(21)31-26(25,5)6)27-16-19-10-8-7-9-11-19/h7-15,18,24-25,27H,16H2,1-6H3. The summed E-state index contributed by atoms with van der Waals surface area (Å²) in [6.45, 7) is 12.3. The lowest BCUT2D eigenvalue weighted by molar-refractivity contribution is -0.184. The maximum Gasteiger partial charge on any atom is 0.331 e. The number of nitrogens with one attached hydrogen (secondary N) is 1. The molecule has 2 aromatic rings. The first-order valence-corrected chi connectivity index (χ1v) is 10.8. The average molecular weight is 424 g/mol. The van der Waals surface area contributed by atoms with Gasteiger partial charge in [-0.05, 0) is 65.3 Å². The number of benzene rings is 2. The number of carbonyl (C=O) groups excluding carboxylic acids is 1. The summed E-state index contributed by atoms with van der Waals surface area (Å²) in [6.07, 6.45) is 0.425. The molecule has 2 unspecified atom stereocenters. The van der Waals surface area contributed by atoms with Gasteiger partial charge in [0.15, 0.2) is 6.10 Å².